The summed E-state index contributed by atoms with van der Waals surface area (Å²) in [4.78, 5) is 24.4. The molecule has 2 heterocycles. The number of hydrogen-bond donors (Lipinski definition) is 1. The molecule has 1 amide bonds. The number of nitrogens with zero attached hydrogens (tertiary/aromatic N) is 3. The van der Waals surface area contributed by atoms with E-state index in [0.717, 1.165) is 42.9 Å². The lowest BCUT2D eigenvalue weighted by molar-refractivity contribution is 0.0946. The van der Waals surface area contributed by atoms with Gasteiger partial charge < -0.3 is 10.2 Å². The number of carbonyl (C=O) groups excluding carboxylic acids is 1. The first-order chi connectivity index (χ1) is 13.8. The zero-order valence-corrected chi connectivity index (χ0v) is 15.8. The van der Waals surface area contributed by atoms with E-state index in [2.05, 4.69) is 15.2 Å². The molecule has 0 aliphatic carbocycles. The van der Waals surface area contributed by atoms with Crippen molar-refractivity contribution in [2.24, 2.45) is 0 Å². The highest BCUT2D eigenvalue weighted by atomic mass is 16.1. The average Bonchev–Trinajstić information content (AvgIpc) is 2.79. The smallest absolute Gasteiger partial charge is 0.270 e. The average molecular weight is 372 g/mol. The molecule has 0 radical (unpaired) electrons. The number of piperidine rings is 1. The number of aromatic nitrogens is 2. The summed E-state index contributed by atoms with van der Waals surface area (Å²) in [7, 11) is 0. The SMILES string of the molecule is O=C(NCc1ccccc1)c1cc(N2CCCCC2)nc(-c2ccccc2)n1. The molecule has 1 saturated heterocycles. The minimum Gasteiger partial charge on any atom is -0.356 e. The van der Waals surface area contributed by atoms with Gasteiger partial charge in [0.05, 0.1) is 0 Å². The highest BCUT2D eigenvalue weighted by Crippen LogP contribution is 2.23. The van der Waals surface area contributed by atoms with Crippen LogP contribution in [0.4, 0.5) is 5.82 Å². The van der Waals surface area contributed by atoms with Crippen molar-refractivity contribution in [2.45, 2.75) is 25.8 Å². The van der Waals surface area contributed by atoms with E-state index in [1.165, 1.54) is 6.42 Å². The molecule has 3 aromatic rings. The molecule has 4 rings (SSSR count). The summed E-state index contributed by atoms with van der Waals surface area (Å²) in [6, 6.07) is 21.5. The van der Waals surface area contributed by atoms with Crippen LogP contribution in [-0.2, 0) is 6.54 Å². The Morgan fingerprint density at radius 2 is 1.57 bits per heavy atom. The Morgan fingerprint density at radius 3 is 2.29 bits per heavy atom. The van der Waals surface area contributed by atoms with Gasteiger partial charge in [0, 0.05) is 31.3 Å². The lowest BCUT2D eigenvalue weighted by Gasteiger charge is -2.28. The third-order valence-corrected chi connectivity index (χ3v) is 4.95. The van der Waals surface area contributed by atoms with Crippen LogP contribution in [0, 0.1) is 0 Å². The van der Waals surface area contributed by atoms with Crippen molar-refractivity contribution in [3.63, 3.8) is 0 Å². The van der Waals surface area contributed by atoms with Crippen molar-refractivity contribution in [3.05, 3.63) is 78.0 Å². The van der Waals surface area contributed by atoms with Crippen LogP contribution in [0.5, 0.6) is 0 Å². The molecule has 0 atom stereocenters. The normalized spacial score (nSPS) is 13.9. The summed E-state index contributed by atoms with van der Waals surface area (Å²) in [5.41, 5.74) is 2.38. The molecule has 142 valence electrons. The van der Waals surface area contributed by atoms with Crippen LogP contribution in [0.2, 0.25) is 0 Å². The Hall–Kier alpha value is -3.21. The van der Waals surface area contributed by atoms with Crippen molar-refractivity contribution in [2.75, 3.05) is 18.0 Å². The summed E-state index contributed by atoms with van der Waals surface area (Å²) in [5, 5.41) is 2.98. The first kappa shape index (κ1) is 18.2. The van der Waals surface area contributed by atoms with Gasteiger partial charge in [-0.25, -0.2) is 9.97 Å². The predicted molar refractivity (Wildman–Crippen MR) is 111 cm³/mol. The second kappa shape index (κ2) is 8.65. The second-order valence-corrected chi connectivity index (χ2v) is 7.02. The van der Waals surface area contributed by atoms with Gasteiger partial charge in [0.2, 0.25) is 0 Å². The maximum atomic E-state index is 12.8. The zero-order valence-electron chi connectivity index (χ0n) is 15.8. The van der Waals surface area contributed by atoms with Crippen LogP contribution in [0.3, 0.4) is 0 Å². The van der Waals surface area contributed by atoms with E-state index >= 15 is 0 Å². The Morgan fingerprint density at radius 1 is 0.893 bits per heavy atom. The van der Waals surface area contributed by atoms with E-state index in [0.29, 0.717) is 18.1 Å². The summed E-state index contributed by atoms with van der Waals surface area (Å²) in [6.07, 6.45) is 3.55. The van der Waals surface area contributed by atoms with E-state index in [9.17, 15) is 4.79 Å². The predicted octanol–water partition coefficient (Wildman–Crippen LogP) is 4.06. The van der Waals surface area contributed by atoms with Crippen LogP contribution in [-0.4, -0.2) is 29.0 Å². The molecule has 2 aromatic carbocycles. The summed E-state index contributed by atoms with van der Waals surface area (Å²) in [6.45, 7) is 2.41. The number of rotatable bonds is 5. The molecular weight excluding hydrogens is 348 g/mol. The monoisotopic (exact) mass is 372 g/mol. The van der Waals surface area contributed by atoms with E-state index in [-0.39, 0.29) is 5.91 Å². The van der Waals surface area contributed by atoms with Crippen molar-refractivity contribution < 1.29 is 4.79 Å². The zero-order chi connectivity index (χ0) is 19.2. The maximum Gasteiger partial charge on any atom is 0.270 e. The number of nitrogens with one attached hydrogen (secondary N) is 1. The van der Waals surface area contributed by atoms with E-state index < -0.39 is 0 Å². The van der Waals surface area contributed by atoms with E-state index in [4.69, 9.17) is 4.98 Å². The fraction of sp³-hybridized carbons (Fsp3) is 0.261. The van der Waals surface area contributed by atoms with Gasteiger partial charge in [-0.1, -0.05) is 60.7 Å². The highest BCUT2D eigenvalue weighted by Gasteiger charge is 2.18. The molecule has 0 unspecified atom stereocenters. The van der Waals surface area contributed by atoms with Crippen molar-refractivity contribution in [1.82, 2.24) is 15.3 Å². The second-order valence-electron chi connectivity index (χ2n) is 7.02. The highest BCUT2D eigenvalue weighted by molar-refractivity contribution is 5.93. The molecular formula is C23H24N4O. The molecule has 1 aliphatic heterocycles. The minimum absolute atomic E-state index is 0.179. The van der Waals surface area contributed by atoms with Crippen LogP contribution >= 0.6 is 0 Å². The number of anilines is 1. The molecule has 5 heteroatoms. The van der Waals surface area contributed by atoms with Gasteiger partial charge in [0.25, 0.3) is 5.91 Å². The molecule has 5 nitrogen and oxygen atoms in total. The van der Waals surface area contributed by atoms with E-state index in [1.807, 2.05) is 66.7 Å². The fourth-order valence-corrected chi connectivity index (χ4v) is 3.42. The Bertz CT molecular complexity index is 922. The van der Waals surface area contributed by atoms with Gasteiger partial charge in [-0.15, -0.1) is 0 Å². The number of benzene rings is 2. The topological polar surface area (TPSA) is 58.1 Å². The number of carbonyl (C=O) groups is 1. The van der Waals surface area contributed by atoms with E-state index in [1.54, 1.807) is 0 Å². The Labute approximate surface area is 165 Å². The number of hydrogen-bond acceptors (Lipinski definition) is 4. The quantitative estimate of drug-likeness (QED) is 0.734. The van der Waals surface area contributed by atoms with Gasteiger partial charge in [0.1, 0.15) is 11.5 Å². The molecule has 0 spiro atoms. The molecule has 28 heavy (non-hydrogen) atoms. The third kappa shape index (κ3) is 4.36. The van der Waals surface area contributed by atoms with Gasteiger partial charge in [-0.3, -0.25) is 4.79 Å². The van der Waals surface area contributed by atoms with Crippen molar-refractivity contribution in [3.8, 4) is 11.4 Å². The molecule has 1 aliphatic rings. The largest absolute Gasteiger partial charge is 0.356 e. The third-order valence-electron chi connectivity index (χ3n) is 4.95. The molecule has 0 bridgehead atoms. The summed E-state index contributed by atoms with van der Waals surface area (Å²) in [5.74, 6) is 1.24. The molecule has 1 fully saturated rings. The summed E-state index contributed by atoms with van der Waals surface area (Å²) >= 11 is 0. The number of amides is 1. The molecule has 1 aromatic heterocycles. The standard InChI is InChI=1S/C23H24N4O/c28-23(24-17-18-10-4-1-5-11-18)20-16-21(27-14-8-3-9-15-27)26-22(25-20)19-12-6-2-7-13-19/h1-2,4-7,10-13,16H,3,8-9,14-15,17H2,(H,24,28). The minimum atomic E-state index is -0.179. The van der Waals surface area contributed by atoms with Crippen molar-refractivity contribution in [1.29, 1.82) is 0 Å². The van der Waals surface area contributed by atoms with Crippen molar-refractivity contribution >= 4 is 11.7 Å². The molecule has 0 saturated carbocycles. The van der Waals surface area contributed by atoms with Crippen LogP contribution in [0.15, 0.2) is 66.7 Å². The van der Waals surface area contributed by atoms with Gasteiger partial charge in [-0.2, -0.15) is 0 Å². The van der Waals surface area contributed by atoms with Crippen LogP contribution in [0.1, 0.15) is 35.3 Å². The first-order valence-corrected chi connectivity index (χ1v) is 9.81. The van der Waals surface area contributed by atoms with Gasteiger partial charge in [0.15, 0.2) is 5.82 Å². The Balaban J connectivity index is 1.62. The lowest BCUT2D eigenvalue weighted by Crippen LogP contribution is -2.31. The first-order valence-electron chi connectivity index (χ1n) is 9.81. The van der Waals surface area contributed by atoms with Crippen LogP contribution < -0.4 is 10.2 Å². The fourth-order valence-electron chi connectivity index (χ4n) is 3.42. The Kier molecular flexibility index (Phi) is 5.61. The molecule has 1 N–H and O–H groups in total. The lowest BCUT2D eigenvalue weighted by atomic mass is 10.1. The van der Waals surface area contributed by atoms with Gasteiger partial charge >= 0.3 is 0 Å². The van der Waals surface area contributed by atoms with Gasteiger partial charge in [-0.05, 0) is 24.8 Å². The summed E-state index contributed by atoms with van der Waals surface area (Å²) < 4.78 is 0. The van der Waals surface area contributed by atoms with Crippen LogP contribution in [0.25, 0.3) is 11.4 Å². The maximum absolute atomic E-state index is 12.8.